The SMILES string of the molecule is Cc1c(NC(=O)NC2CCC(Nc3nccc(N(C)C)n3)CC2)cccc1[N+](=O)[O-]. The minimum absolute atomic E-state index is 0.0139. The van der Waals surface area contributed by atoms with Crippen molar-refractivity contribution in [3.05, 3.63) is 46.1 Å². The molecule has 1 fully saturated rings. The van der Waals surface area contributed by atoms with Crippen molar-refractivity contribution < 1.29 is 9.72 Å². The molecule has 0 atom stereocenters. The van der Waals surface area contributed by atoms with Crippen molar-refractivity contribution in [1.29, 1.82) is 0 Å². The Labute approximate surface area is 175 Å². The van der Waals surface area contributed by atoms with Gasteiger partial charge in [0, 0.05) is 38.4 Å². The summed E-state index contributed by atoms with van der Waals surface area (Å²) in [5.74, 6) is 1.45. The second-order valence-corrected chi connectivity index (χ2v) is 7.63. The molecule has 0 spiro atoms. The number of hydrogen-bond acceptors (Lipinski definition) is 7. The molecule has 1 aromatic heterocycles. The summed E-state index contributed by atoms with van der Waals surface area (Å²) < 4.78 is 0. The lowest BCUT2D eigenvalue weighted by Crippen LogP contribution is -2.42. The van der Waals surface area contributed by atoms with Gasteiger partial charge in [0.25, 0.3) is 5.69 Å². The lowest BCUT2D eigenvalue weighted by molar-refractivity contribution is -0.385. The molecule has 0 unspecified atom stereocenters. The maximum atomic E-state index is 12.4. The zero-order valence-corrected chi connectivity index (χ0v) is 17.4. The van der Waals surface area contributed by atoms with Crippen LogP contribution in [-0.2, 0) is 0 Å². The minimum atomic E-state index is -0.454. The zero-order chi connectivity index (χ0) is 21.7. The molecule has 0 bridgehead atoms. The third-order valence-electron chi connectivity index (χ3n) is 5.24. The molecule has 1 heterocycles. The van der Waals surface area contributed by atoms with Crippen LogP contribution < -0.4 is 20.9 Å². The van der Waals surface area contributed by atoms with Crippen LogP contribution in [0.15, 0.2) is 30.5 Å². The van der Waals surface area contributed by atoms with Crippen molar-refractivity contribution in [2.75, 3.05) is 29.6 Å². The lowest BCUT2D eigenvalue weighted by Gasteiger charge is -2.29. The Morgan fingerprint density at radius 1 is 1.17 bits per heavy atom. The molecule has 10 nitrogen and oxygen atoms in total. The minimum Gasteiger partial charge on any atom is -0.363 e. The fraction of sp³-hybridized carbons (Fsp3) is 0.450. The van der Waals surface area contributed by atoms with E-state index < -0.39 is 4.92 Å². The quantitative estimate of drug-likeness (QED) is 0.490. The first kappa shape index (κ1) is 21.3. The Kier molecular flexibility index (Phi) is 6.65. The Bertz CT molecular complexity index is 911. The summed E-state index contributed by atoms with van der Waals surface area (Å²) in [4.78, 5) is 33.6. The molecule has 1 aliphatic rings. The van der Waals surface area contributed by atoms with Crippen LogP contribution >= 0.6 is 0 Å². The second kappa shape index (κ2) is 9.38. The number of urea groups is 1. The molecular weight excluding hydrogens is 386 g/mol. The number of nitro groups is 1. The second-order valence-electron chi connectivity index (χ2n) is 7.63. The van der Waals surface area contributed by atoms with Gasteiger partial charge >= 0.3 is 6.03 Å². The Balaban J connectivity index is 1.49. The third kappa shape index (κ3) is 5.34. The molecule has 0 radical (unpaired) electrons. The number of nitro benzene ring substituents is 1. The van der Waals surface area contributed by atoms with Gasteiger partial charge in [0.15, 0.2) is 0 Å². The number of nitrogens with zero attached hydrogens (tertiary/aromatic N) is 4. The van der Waals surface area contributed by atoms with Crippen molar-refractivity contribution in [3.63, 3.8) is 0 Å². The van der Waals surface area contributed by atoms with Crippen LogP contribution in [0.1, 0.15) is 31.2 Å². The van der Waals surface area contributed by atoms with E-state index in [0.717, 1.165) is 31.5 Å². The van der Waals surface area contributed by atoms with E-state index in [1.807, 2.05) is 25.1 Å². The van der Waals surface area contributed by atoms with Gasteiger partial charge in [-0.1, -0.05) is 6.07 Å². The van der Waals surface area contributed by atoms with E-state index in [9.17, 15) is 14.9 Å². The Hall–Kier alpha value is -3.43. The van der Waals surface area contributed by atoms with E-state index in [1.165, 1.54) is 6.07 Å². The van der Waals surface area contributed by atoms with Gasteiger partial charge in [-0.2, -0.15) is 4.98 Å². The van der Waals surface area contributed by atoms with E-state index in [2.05, 4.69) is 25.9 Å². The highest BCUT2D eigenvalue weighted by Gasteiger charge is 2.23. The number of anilines is 3. The van der Waals surface area contributed by atoms with Crippen LogP contribution in [0.5, 0.6) is 0 Å². The first-order chi connectivity index (χ1) is 14.3. The number of aromatic nitrogens is 2. The van der Waals surface area contributed by atoms with Gasteiger partial charge in [-0.3, -0.25) is 10.1 Å². The molecule has 30 heavy (non-hydrogen) atoms. The normalized spacial score (nSPS) is 18.4. The van der Waals surface area contributed by atoms with Crippen LogP contribution in [0.3, 0.4) is 0 Å². The van der Waals surface area contributed by atoms with E-state index >= 15 is 0 Å². The van der Waals surface area contributed by atoms with Gasteiger partial charge in [-0.15, -0.1) is 0 Å². The summed E-state index contributed by atoms with van der Waals surface area (Å²) in [7, 11) is 3.87. The van der Waals surface area contributed by atoms with Crippen LogP contribution in [0.2, 0.25) is 0 Å². The van der Waals surface area contributed by atoms with Gasteiger partial charge in [0.1, 0.15) is 5.82 Å². The topological polar surface area (TPSA) is 125 Å². The van der Waals surface area contributed by atoms with E-state index in [-0.39, 0.29) is 23.8 Å². The summed E-state index contributed by atoms with van der Waals surface area (Å²) >= 11 is 0. The molecule has 0 saturated heterocycles. The molecule has 2 amide bonds. The van der Waals surface area contributed by atoms with Gasteiger partial charge in [-0.25, -0.2) is 9.78 Å². The lowest BCUT2D eigenvalue weighted by atomic mass is 9.91. The summed E-state index contributed by atoms with van der Waals surface area (Å²) in [6, 6.07) is 6.45. The van der Waals surface area contributed by atoms with Crippen LogP contribution in [0, 0.1) is 17.0 Å². The van der Waals surface area contributed by atoms with Crippen molar-refractivity contribution >= 4 is 29.2 Å². The first-order valence-corrected chi connectivity index (χ1v) is 9.92. The summed E-state index contributed by atoms with van der Waals surface area (Å²) in [5.41, 5.74) is 0.862. The van der Waals surface area contributed by atoms with Gasteiger partial charge in [0.2, 0.25) is 5.95 Å². The smallest absolute Gasteiger partial charge is 0.319 e. The van der Waals surface area contributed by atoms with E-state index in [0.29, 0.717) is 17.2 Å². The number of nitrogens with one attached hydrogen (secondary N) is 3. The molecule has 1 saturated carbocycles. The molecule has 1 aromatic carbocycles. The van der Waals surface area contributed by atoms with Crippen molar-refractivity contribution in [3.8, 4) is 0 Å². The van der Waals surface area contributed by atoms with Gasteiger partial charge in [-0.05, 0) is 44.7 Å². The third-order valence-corrected chi connectivity index (χ3v) is 5.24. The Morgan fingerprint density at radius 3 is 2.53 bits per heavy atom. The number of amides is 2. The number of carbonyl (C=O) groups excluding carboxylic acids is 1. The van der Waals surface area contributed by atoms with Crippen molar-refractivity contribution in [2.24, 2.45) is 0 Å². The Morgan fingerprint density at radius 2 is 1.87 bits per heavy atom. The maximum absolute atomic E-state index is 12.4. The molecule has 2 aromatic rings. The fourth-order valence-corrected chi connectivity index (χ4v) is 3.53. The molecule has 3 rings (SSSR count). The van der Waals surface area contributed by atoms with Crippen LogP contribution in [-0.4, -0.2) is 47.1 Å². The summed E-state index contributed by atoms with van der Waals surface area (Å²) in [6.07, 6.45) is 5.16. The maximum Gasteiger partial charge on any atom is 0.319 e. The number of carbonyl (C=O) groups is 1. The first-order valence-electron chi connectivity index (χ1n) is 9.92. The average Bonchev–Trinajstić information content (AvgIpc) is 2.71. The zero-order valence-electron chi connectivity index (χ0n) is 17.4. The van der Waals surface area contributed by atoms with E-state index in [4.69, 9.17) is 0 Å². The molecular formula is C20H27N7O3. The predicted molar refractivity (Wildman–Crippen MR) is 116 cm³/mol. The van der Waals surface area contributed by atoms with Crippen LogP contribution in [0.25, 0.3) is 0 Å². The van der Waals surface area contributed by atoms with Gasteiger partial charge in [0.05, 0.1) is 16.2 Å². The molecule has 0 aliphatic heterocycles. The van der Waals surface area contributed by atoms with Crippen LogP contribution in [0.4, 0.5) is 27.9 Å². The van der Waals surface area contributed by atoms with Crippen molar-refractivity contribution in [1.82, 2.24) is 15.3 Å². The molecule has 160 valence electrons. The molecule has 3 N–H and O–H groups in total. The molecule has 1 aliphatic carbocycles. The highest BCUT2D eigenvalue weighted by Crippen LogP contribution is 2.25. The number of hydrogen-bond donors (Lipinski definition) is 3. The highest BCUT2D eigenvalue weighted by atomic mass is 16.6. The highest BCUT2D eigenvalue weighted by molar-refractivity contribution is 5.90. The molecule has 10 heteroatoms. The largest absolute Gasteiger partial charge is 0.363 e. The van der Waals surface area contributed by atoms with E-state index in [1.54, 1.807) is 25.3 Å². The monoisotopic (exact) mass is 413 g/mol. The number of benzene rings is 1. The van der Waals surface area contributed by atoms with Crippen molar-refractivity contribution in [2.45, 2.75) is 44.7 Å². The average molecular weight is 413 g/mol. The number of rotatable bonds is 6. The predicted octanol–water partition coefficient (Wildman–Crippen LogP) is 3.30. The summed E-state index contributed by atoms with van der Waals surface area (Å²) in [5, 5.41) is 20.1. The summed E-state index contributed by atoms with van der Waals surface area (Å²) in [6.45, 7) is 1.62. The fourth-order valence-electron chi connectivity index (χ4n) is 3.53. The van der Waals surface area contributed by atoms with Gasteiger partial charge < -0.3 is 20.9 Å². The standard InChI is InChI=1S/C20H27N7O3/c1-13-16(5-4-6-17(13)27(29)30)24-20(28)23-15-9-7-14(8-10-15)22-19-21-12-11-18(25-19)26(2)3/h4-6,11-12,14-15H,7-10H2,1-3H3,(H,21,22,25)(H2,23,24,28).